The lowest BCUT2D eigenvalue weighted by Gasteiger charge is -2.23. The minimum absolute atomic E-state index is 0.0118. The third-order valence-electron chi connectivity index (χ3n) is 7.52. The molecule has 0 N–H and O–H groups in total. The number of aryl methyl sites for hydroxylation is 1. The van der Waals surface area contributed by atoms with Gasteiger partial charge in [0.15, 0.2) is 17.7 Å². The molecule has 2 aromatic carbocycles. The summed E-state index contributed by atoms with van der Waals surface area (Å²) in [5.74, 6) is 1.48. The van der Waals surface area contributed by atoms with Gasteiger partial charge in [0.1, 0.15) is 13.1 Å². The lowest BCUT2D eigenvalue weighted by Crippen LogP contribution is -2.42. The minimum Gasteiger partial charge on any atom is -0.493 e. The van der Waals surface area contributed by atoms with Crippen molar-refractivity contribution in [2.75, 3.05) is 13.7 Å². The van der Waals surface area contributed by atoms with E-state index >= 15 is 0 Å². The van der Waals surface area contributed by atoms with Crippen molar-refractivity contribution in [3.63, 3.8) is 0 Å². The van der Waals surface area contributed by atoms with E-state index in [1.165, 1.54) is 57.8 Å². The molecular formula is C36H51N2O3+. The Labute approximate surface area is 248 Å². The van der Waals surface area contributed by atoms with Crippen molar-refractivity contribution in [2.24, 2.45) is 0 Å². The molecule has 5 nitrogen and oxygen atoms in total. The van der Waals surface area contributed by atoms with Gasteiger partial charge in [-0.2, -0.15) is 0 Å². The molecule has 0 saturated carbocycles. The first-order valence-corrected chi connectivity index (χ1v) is 15.8. The number of amides is 1. The molecule has 0 radical (unpaired) electrons. The van der Waals surface area contributed by atoms with Gasteiger partial charge in [-0.3, -0.25) is 4.79 Å². The zero-order valence-corrected chi connectivity index (χ0v) is 25.7. The van der Waals surface area contributed by atoms with Crippen LogP contribution in [0.3, 0.4) is 0 Å². The molecule has 0 bridgehead atoms. The number of ether oxygens (including phenoxy) is 2. The van der Waals surface area contributed by atoms with Gasteiger partial charge < -0.3 is 14.4 Å². The predicted octanol–water partition coefficient (Wildman–Crippen LogP) is 8.54. The van der Waals surface area contributed by atoms with Gasteiger partial charge in [-0.05, 0) is 36.2 Å². The maximum absolute atomic E-state index is 13.6. The van der Waals surface area contributed by atoms with Gasteiger partial charge in [0.2, 0.25) is 5.69 Å². The zero-order chi connectivity index (χ0) is 29.1. The van der Waals surface area contributed by atoms with Crippen LogP contribution in [0, 0.1) is 0 Å². The number of aromatic nitrogens is 1. The number of nitrogens with zero attached hydrogens (tertiary/aromatic N) is 2. The second-order valence-electron chi connectivity index (χ2n) is 10.9. The number of pyridine rings is 1. The highest BCUT2D eigenvalue weighted by Crippen LogP contribution is 2.29. The van der Waals surface area contributed by atoms with Crippen LogP contribution < -0.4 is 14.0 Å². The summed E-state index contributed by atoms with van der Waals surface area (Å²) in [5.41, 5.74) is 2.81. The summed E-state index contributed by atoms with van der Waals surface area (Å²) in [5, 5.41) is 0. The molecule has 0 spiro atoms. The highest BCUT2D eigenvalue weighted by Gasteiger charge is 2.21. The largest absolute Gasteiger partial charge is 0.493 e. The molecule has 0 aliphatic carbocycles. The van der Waals surface area contributed by atoms with E-state index in [1.54, 1.807) is 7.11 Å². The maximum Gasteiger partial charge on any atom is 0.254 e. The van der Waals surface area contributed by atoms with Gasteiger partial charge >= 0.3 is 0 Å². The molecule has 222 valence electrons. The summed E-state index contributed by atoms with van der Waals surface area (Å²) in [4.78, 5) is 15.5. The van der Waals surface area contributed by atoms with Crippen LogP contribution in [0.2, 0.25) is 0 Å². The molecule has 3 rings (SSSR count). The molecule has 0 atom stereocenters. The average molecular weight is 560 g/mol. The fourth-order valence-corrected chi connectivity index (χ4v) is 5.19. The number of unbranched alkanes of at least 4 members (excludes halogenated alkanes) is 9. The molecule has 0 saturated heterocycles. The Bertz CT molecular complexity index is 1150. The van der Waals surface area contributed by atoms with Crippen LogP contribution in [-0.2, 0) is 19.6 Å². The van der Waals surface area contributed by atoms with Crippen molar-refractivity contribution in [1.82, 2.24) is 4.90 Å². The Morgan fingerprint density at radius 3 is 2.10 bits per heavy atom. The van der Waals surface area contributed by atoms with E-state index in [1.807, 2.05) is 65.6 Å². The third kappa shape index (κ3) is 11.2. The molecular weight excluding hydrogens is 508 g/mol. The van der Waals surface area contributed by atoms with Crippen molar-refractivity contribution < 1.29 is 18.8 Å². The monoisotopic (exact) mass is 559 g/mol. The molecule has 0 aliphatic heterocycles. The van der Waals surface area contributed by atoms with Gasteiger partial charge in [-0.1, -0.05) is 102 Å². The maximum atomic E-state index is 13.6. The van der Waals surface area contributed by atoms with Crippen LogP contribution in [0.15, 0.2) is 72.9 Å². The Hall–Kier alpha value is -3.34. The van der Waals surface area contributed by atoms with E-state index in [9.17, 15) is 4.79 Å². The summed E-state index contributed by atoms with van der Waals surface area (Å²) in [6, 6.07) is 21.7. The van der Waals surface area contributed by atoms with Crippen molar-refractivity contribution in [3.05, 3.63) is 89.7 Å². The van der Waals surface area contributed by atoms with Gasteiger partial charge in [0.05, 0.1) is 13.7 Å². The van der Waals surface area contributed by atoms with Crippen molar-refractivity contribution in [2.45, 2.75) is 104 Å². The van der Waals surface area contributed by atoms with E-state index < -0.39 is 0 Å². The predicted molar refractivity (Wildman–Crippen MR) is 167 cm³/mol. The highest BCUT2D eigenvalue weighted by atomic mass is 16.5. The van der Waals surface area contributed by atoms with Crippen LogP contribution in [0.5, 0.6) is 11.5 Å². The summed E-state index contributed by atoms with van der Waals surface area (Å²) in [6.45, 7) is 7.04. The first-order chi connectivity index (χ1) is 20.2. The van der Waals surface area contributed by atoms with E-state index in [0.717, 1.165) is 36.4 Å². The van der Waals surface area contributed by atoms with Crippen LogP contribution >= 0.6 is 0 Å². The SMILES string of the molecule is CCCCCCCCCCCCOc1ccc(CN(Cc2cccc[n+]2CCC)C(=O)c2ccccc2)cc1OC. The number of carbonyl (C=O) groups is 1. The number of methoxy groups -OCH3 is 1. The number of carbonyl (C=O) groups excluding carboxylic acids is 1. The Morgan fingerprint density at radius 1 is 0.732 bits per heavy atom. The van der Waals surface area contributed by atoms with Gasteiger partial charge in [-0.15, -0.1) is 0 Å². The average Bonchev–Trinajstić information content (AvgIpc) is 3.01. The Morgan fingerprint density at radius 2 is 1.41 bits per heavy atom. The fraction of sp³-hybridized carbons (Fsp3) is 0.500. The molecule has 0 aliphatic rings. The lowest BCUT2D eigenvalue weighted by atomic mass is 10.1. The smallest absolute Gasteiger partial charge is 0.254 e. The van der Waals surface area contributed by atoms with Gasteiger partial charge in [0.25, 0.3) is 5.91 Å². The Balaban J connectivity index is 1.59. The second kappa shape index (κ2) is 18.9. The van der Waals surface area contributed by atoms with E-state index in [4.69, 9.17) is 9.47 Å². The molecule has 0 fully saturated rings. The number of hydrogen-bond donors (Lipinski definition) is 0. The summed E-state index contributed by atoms with van der Waals surface area (Å²) in [6.07, 6.45) is 16.2. The lowest BCUT2D eigenvalue weighted by molar-refractivity contribution is -0.705. The first-order valence-electron chi connectivity index (χ1n) is 15.8. The quantitative estimate of drug-likeness (QED) is 0.103. The normalized spacial score (nSPS) is 10.9. The van der Waals surface area contributed by atoms with Crippen molar-refractivity contribution in [1.29, 1.82) is 0 Å². The first kappa shape index (κ1) is 32.2. The van der Waals surface area contributed by atoms with Gasteiger partial charge in [-0.25, -0.2) is 4.57 Å². The summed E-state index contributed by atoms with van der Waals surface area (Å²) in [7, 11) is 1.68. The fourth-order valence-electron chi connectivity index (χ4n) is 5.19. The topological polar surface area (TPSA) is 42.7 Å². The zero-order valence-electron chi connectivity index (χ0n) is 25.7. The number of hydrogen-bond acceptors (Lipinski definition) is 3. The summed E-state index contributed by atoms with van der Waals surface area (Å²) < 4.78 is 14.0. The van der Waals surface area contributed by atoms with Crippen LogP contribution in [-0.4, -0.2) is 24.5 Å². The molecule has 41 heavy (non-hydrogen) atoms. The molecule has 1 amide bonds. The van der Waals surface area contributed by atoms with Crippen molar-refractivity contribution >= 4 is 5.91 Å². The number of benzene rings is 2. The highest BCUT2D eigenvalue weighted by molar-refractivity contribution is 5.94. The molecule has 5 heteroatoms. The van der Waals surface area contributed by atoms with Crippen LogP contribution in [0.25, 0.3) is 0 Å². The van der Waals surface area contributed by atoms with E-state index in [0.29, 0.717) is 31.0 Å². The number of rotatable bonds is 20. The van der Waals surface area contributed by atoms with Crippen molar-refractivity contribution in [3.8, 4) is 11.5 Å². The van der Waals surface area contributed by atoms with E-state index in [2.05, 4.69) is 30.7 Å². The summed E-state index contributed by atoms with van der Waals surface area (Å²) >= 11 is 0. The molecule has 1 aromatic heterocycles. The molecule has 0 unspecified atom stereocenters. The minimum atomic E-state index is 0.0118. The van der Waals surface area contributed by atoms with Gasteiger partial charge in [0, 0.05) is 30.7 Å². The third-order valence-corrected chi connectivity index (χ3v) is 7.52. The molecule has 1 heterocycles. The molecule has 3 aromatic rings. The van der Waals surface area contributed by atoms with Crippen LogP contribution in [0.1, 0.15) is 106 Å². The standard InChI is InChI=1S/C36H51N2O3/c1-4-6-7-8-9-10-11-12-13-19-27-41-34-24-23-31(28-35(34)40-3)29-38(36(39)32-20-15-14-16-21-32)30-33-22-17-18-26-37(33)25-5-2/h14-18,20-24,26,28H,4-13,19,25,27,29-30H2,1-3H3/q+1. The Kier molecular flexibility index (Phi) is 14.8. The second-order valence-corrected chi connectivity index (χ2v) is 10.9. The van der Waals surface area contributed by atoms with E-state index in [-0.39, 0.29) is 5.91 Å². The van der Waals surface area contributed by atoms with Crippen LogP contribution in [0.4, 0.5) is 0 Å².